The molecule has 19 heavy (non-hydrogen) atoms. The van der Waals surface area contributed by atoms with Crippen LogP contribution in [0.25, 0.3) is 0 Å². The van der Waals surface area contributed by atoms with E-state index >= 15 is 0 Å². The van der Waals surface area contributed by atoms with Crippen LogP contribution >= 0.6 is 7.60 Å². The average Bonchev–Trinajstić information content (AvgIpc) is 2.37. The highest BCUT2D eigenvalue weighted by Gasteiger charge is 2.39. The zero-order valence-electron chi connectivity index (χ0n) is 11.6. The van der Waals surface area contributed by atoms with Crippen LogP contribution in [-0.2, 0) is 13.6 Å². The van der Waals surface area contributed by atoms with Gasteiger partial charge >= 0.3 is 7.60 Å². The highest BCUT2D eigenvalue weighted by molar-refractivity contribution is 7.54. The summed E-state index contributed by atoms with van der Waals surface area (Å²) < 4.78 is 22.7. The largest absolute Gasteiger partial charge is 0.379 e. The van der Waals surface area contributed by atoms with Gasteiger partial charge in [0, 0.05) is 0 Å². The molecular formula is C13H22NO4P. The van der Waals surface area contributed by atoms with Crippen molar-refractivity contribution in [1.29, 1.82) is 0 Å². The minimum Gasteiger partial charge on any atom is -0.379 e. The molecule has 0 saturated carbocycles. The van der Waals surface area contributed by atoms with Crippen LogP contribution in [0.5, 0.6) is 0 Å². The lowest BCUT2D eigenvalue weighted by molar-refractivity contribution is 0.134. The van der Waals surface area contributed by atoms with Gasteiger partial charge in [0.15, 0.2) is 5.85 Å². The lowest BCUT2D eigenvalue weighted by atomic mass is 10.1. The number of hydrogen-bond acceptors (Lipinski definition) is 5. The topological polar surface area (TPSA) is 81.8 Å². The number of aryl methyl sites for hydroxylation is 1. The molecule has 0 spiro atoms. The molecule has 1 rings (SSSR count). The van der Waals surface area contributed by atoms with E-state index in [0.717, 1.165) is 5.56 Å². The van der Waals surface area contributed by atoms with Crippen molar-refractivity contribution in [2.75, 3.05) is 13.2 Å². The molecule has 0 unspecified atom stereocenters. The van der Waals surface area contributed by atoms with Crippen molar-refractivity contribution in [3.63, 3.8) is 0 Å². The van der Waals surface area contributed by atoms with E-state index in [1.165, 1.54) is 0 Å². The van der Waals surface area contributed by atoms with Crippen LogP contribution in [0.2, 0.25) is 0 Å². The summed E-state index contributed by atoms with van der Waals surface area (Å²) in [7, 11) is -3.62. The molecule has 0 radical (unpaired) electrons. The average molecular weight is 287 g/mol. The van der Waals surface area contributed by atoms with Crippen molar-refractivity contribution in [1.82, 2.24) is 0 Å². The van der Waals surface area contributed by atoms with Crippen LogP contribution in [0, 0.1) is 6.92 Å². The number of benzene rings is 1. The molecule has 108 valence electrons. The highest BCUT2D eigenvalue weighted by atomic mass is 31.2. The summed E-state index contributed by atoms with van der Waals surface area (Å²) >= 11 is 0. The van der Waals surface area contributed by atoms with Gasteiger partial charge in [0.1, 0.15) is 0 Å². The molecule has 1 aromatic rings. The zero-order chi connectivity index (χ0) is 14.5. The Balaban J connectivity index is 2.96. The minimum atomic E-state index is -3.62. The van der Waals surface area contributed by atoms with Gasteiger partial charge in [-0.1, -0.05) is 29.8 Å². The lowest BCUT2D eigenvalue weighted by Crippen LogP contribution is -2.28. The molecule has 1 aromatic carbocycles. The summed E-state index contributed by atoms with van der Waals surface area (Å²) in [6.45, 7) is 5.68. The summed E-state index contributed by atoms with van der Waals surface area (Å²) in [6, 6.07) is 6.57. The first kappa shape index (κ1) is 16.3. The van der Waals surface area contributed by atoms with Crippen LogP contribution in [-0.4, -0.2) is 24.2 Å². The van der Waals surface area contributed by atoms with Gasteiger partial charge in [0.25, 0.3) is 0 Å². The van der Waals surface area contributed by atoms with Crippen molar-refractivity contribution >= 4 is 7.60 Å². The third-order valence-corrected chi connectivity index (χ3v) is 4.90. The maximum atomic E-state index is 12.4. The molecule has 3 N–H and O–H groups in total. The number of aliphatic hydroxyl groups is 1. The van der Waals surface area contributed by atoms with Gasteiger partial charge in [-0.2, -0.15) is 0 Å². The standard InChI is InChI=1S/C13H22NO4P/c1-4-17-19(16,18-5-2)13(15)12(14)11-8-6-7-10(3)9-11/h6-9,12-13,15H,4-5,14H2,1-3H3/t12-,13+/m0/s1. The van der Waals surface area contributed by atoms with Crippen molar-refractivity contribution in [3.05, 3.63) is 35.4 Å². The molecule has 0 amide bonds. The van der Waals surface area contributed by atoms with Crippen LogP contribution < -0.4 is 5.73 Å². The zero-order valence-corrected chi connectivity index (χ0v) is 12.5. The van der Waals surface area contributed by atoms with E-state index in [9.17, 15) is 9.67 Å². The second kappa shape index (κ2) is 7.17. The Morgan fingerprint density at radius 2 is 1.89 bits per heavy atom. The summed E-state index contributed by atoms with van der Waals surface area (Å²) in [6.07, 6.45) is 0. The van der Waals surface area contributed by atoms with Crippen LogP contribution in [0.4, 0.5) is 0 Å². The monoisotopic (exact) mass is 287 g/mol. The third kappa shape index (κ3) is 4.13. The second-order valence-electron chi connectivity index (χ2n) is 4.23. The van der Waals surface area contributed by atoms with Gasteiger partial charge < -0.3 is 19.9 Å². The normalized spacial score (nSPS) is 15.2. The summed E-state index contributed by atoms with van der Waals surface area (Å²) in [5, 5.41) is 10.2. The Morgan fingerprint density at radius 1 is 1.32 bits per heavy atom. The van der Waals surface area contributed by atoms with Crippen molar-refractivity contribution in [3.8, 4) is 0 Å². The summed E-state index contributed by atoms with van der Waals surface area (Å²) in [5.41, 5.74) is 7.69. The van der Waals surface area contributed by atoms with E-state index in [0.29, 0.717) is 5.56 Å². The first-order chi connectivity index (χ1) is 8.94. The Hall–Kier alpha value is -0.710. The molecule has 0 aliphatic carbocycles. The van der Waals surface area contributed by atoms with Gasteiger partial charge in [-0.3, -0.25) is 4.57 Å². The smallest absolute Gasteiger partial charge is 0.360 e. The predicted octanol–water partition coefficient (Wildman–Crippen LogP) is 2.58. The molecule has 2 atom stereocenters. The molecule has 0 aliphatic heterocycles. The van der Waals surface area contributed by atoms with Gasteiger partial charge in [-0.15, -0.1) is 0 Å². The SMILES string of the molecule is CCOP(=O)(OCC)[C@@H](O)[C@@H](N)c1cccc(C)c1. The molecule has 0 aliphatic rings. The Labute approximate surface area is 114 Å². The number of rotatable bonds is 7. The van der Waals surface area contributed by atoms with E-state index in [2.05, 4.69) is 0 Å². The van der Waals surface area contributed by atoms with Crippen molar-refractivity contribution in [2.24, 2.45) is 5.73 Å². The van der Waals surface area contributed by atoms with Crippen molar-refractivity contribution < 1.29 is 18.7 Å². The summed E-state index contributed by atoms with van der Waals surface area (Å²) in [5.74, 6) is -1.38. The molecule has 0 heterocycles. The van der Waals surface area contributed by atoms with Crippen LogP contribution in [0.1, 0.15) is 31.0 Å². The molecule has 0 bridgehead atoms. The van der Waals surface area contributed by atoms with E-state index in [4.69, 9.17) is 14.8 Å². The molecular weight excluding hydrogens is 265 g/mol. The molecule has 6 heteroatoms. The maximum Gasteiger partial charge on any atom is 0.360 e. The Morgan fingerprint density at radius 3 is 2.37 bits per heavy atom. The van der Waals surface area contributed by atoms with Crippen molar-refractivity contribution in [2.45, 2.75) is 32.7 Å². The van der Waals surface area contributed by atoms with E-state index in [1.807, 2.05) is 25.1 Å². The summed E-state index contributed by atoms with van der Waals surface area (Å²) in [4.78, 5) is 0. The first-order valence-electron chi connectivity index (χ1n) is 6.33. The third-order valence-electron chi connectivity index (χ3n) is 2.69. The molecule has 0 fully saturated rings. The number of aliphatic hydroxyl groups excluding tert-OH is 1. The quantitative estimate of drug-likeness (QED) is 0.753. The second-order valence-corrected chi connectivity index (χ2v) is 6.35. The van der Waals surface area contributed by atoms with E-state index < -0.39 is 19.5 Å². The van der Waals surface area contributed by atoms with E-state index in [-0.39, 0.29) is 13.2 Å². The van der Waals surface area contributed by atoms with Gasteiger partial charge in [-0.05, 0) is 26.3 Å². The van der Waals surface area contributed by atoms with Gasteiger partial charge in [0.2, 0.25) is 0 Å². The Bertz CT molecular complexity index is 442. The first-order valence-corrected chi connectivity index (χ1v) is 7.94. The van der Waals surface area contributed by atoms with Crippen LogP contribution in [0.3, 0.4) is 0 Å². The number of nitrogens with two attached hydrogens (primary N) is 1. The fraction of sp³-hybridized carbons (Fsp3) is 0.538. The molecule has 0 saturated heterocycles. The van der Waals surface area contributed by atoms with Crippen LogP contribution in [0.15, 0.2) is 24.3 Å². The fourth-order valence-corrected chi connectivity index (χ4v) is 3.46. The molecule has 5 nitrogen and oxygen atoms in total. The van der Waals surface area contributed by atoms with Gasteiger partial charge in [0.05, 0.1) is 19.3 Å². The number of hydrogen-bond donors (Lipinski definition) is 2. The Kier molecular flexibility index (Phi) is 6.17. The minimum absolute atomic E-state index is 0.189. The van der Waals surface area contributed by atoms with Gasteiger partial charge in [-0.25, -0.2) is 0 Å². The van der Waals surface area contributed by atoms with E-state index in [1.54, 1.807) is 19.9 Å². The maximum absolute atomic E-state index is 12.4. The fourth-order valence-electron chi connectivity index (χ4n) is 1.80. The highest BCUT2D eigenvalue weighted by Crippen LogP contribution is 2.55. The lowest BCUT2D eigenvalue weighted by Gasteiger charge is -2.26. The predicted molar refractivity (Wildman–Crippen MR) is 75.0 cm³/mol. The molecule has 0 aromatic heterocycles.